The van der Waals surface area contributed by atoms with E-state index in [1.165, 1.54) is 11.8 Å². The molecule has 3 rings (SSSR count). The molecule has 0 aliphatic carbocycles. The fourth-order valence-corrected chi connectivity index (χ4v) is 10.1. The number of rotatable bonds is 1. The van der Waals surface area contributed by atoms with Crippen molar-refractivity contribution in [2.75, 3.05) is 23.0 Å². The third-order valence-corrected chi connectivity index (χ3v) is 9.84. The van der Waals surface area contributed by atoms with Crippen LogP contribution >= 0.6 is 24.0 Å². The average Bonchev–Trinajstić information content (AvgIpc) is 2.72. The van der Waals surface area contributed by atoms with Gasteiger partial charge < -0.3 is 4.90 Å². The summed E-state index contributed by atoms with van der Waals surface area (Å²) in [6, 6.07) is -0.159. The SMILES string of the molecule is C[C@]12CS(=O)(=O)C[C@@H]1SC(=S)N2[C@@H]1CCS(=O)(=O)C1. The van der Waals surface area contributed by atoms with E-state index >= 15 is 0 Å². The van der Waals surface area contributed by atoms with E-state index in [1.54, 1.807) is 0 Å². The minimum Gasteiger partial charge on any atom is -0.346 e. The number of sulfone groups is 2. The largest absolute Gasteiger partial charge is 0.346 e. The van der Waals surface area contributed by atoms with Gasteiger partial charge in [0.05, 0.1) is 28.6 Å². The molecule has 0 N–H and O–H groups in total. The van der Waals surface area contributed by atoms with E-state index in [2.05, 4.69) is 0 Å². The summed E-state index contributed by atoms with van der Waals surface area (Å²) in [7, 11) is -6.05. The van der Waals surface area contributed by atoms with Crippen LogP contribution in [0.3, 0.4) is 0 Å². The standard InChI is InChI=1S/C10H15NO4S4/c1-10-6-19(14,15)5-8(10)17-9(16)11(10)7-2-3-18(12,13)4-7/h7-8H,2-6H2,1H3/t7-,8+,10+/m1/s1. The quantitative estimate of drug-likeness (QED) is 0.625. The van der Waals surface area contributed by atoms with E-state index in [-0.39, 0.29) is 34.3 Å². The first kappa shape index (κ1) is 14.1. The minimum absolute atomic E-state index is 0.0618. The van der Waals surface area contributed by atoms with Crippen molar-refractivity contribution in [2.24, 2.45) is 0 Å². The molecule has 0 amide bonds. The maximum absolute atomic E-state index is 11.8. The van der Waals surface area contributed by atoms with Crippen LogP contribution in [-0.4, -0.2) is 65.9 Å². The van der Waals surface area contributed by atoms with Gasteiger partial charge in [-0.05, 0) is 13.3 Å². The van der Waals surface area contributed by atoms with Crippen molar-refractivity contribution in [3.05, 3.63) is 0 Å². The number of fused-ring (bicyclic) bond motifs is 1. The second-order valence-electron chi connectivity index (χ2n) is 5.71. The zero-order valence-corrected chi connectivity index (χ0v) is 13.7. The highest BCUT2D eigenvalue weighted by Gasteiger charge is 2.59. The number of nitrogens with zero attached hydrogens (tertiary/aromatic N) is 1. The van der Waals surface area contributed by atoms with Crippen molar-refractivity contribution in [1.82, 2.24) is 4.90 Å². The topological polar surface area (TPSA) is 71.5 Å². The van der Waals surface area contributed by atoms with Gasteiger partial charge in [-0.3, -0.25) is 0 Å². The number of hydrogen-bond donors (Lipinski definition) is 0. The highest BCUT2D eigenvalue weighted by Crippen LogP contribution is 2.48. The molecule has 3 fully saturated rings. The lowest BCUT2D eigenvalue weighted by Crippen LogP contribution is -2.54. The molecule has 5 nitrogen and oxygen atoms in total. The highest BCUT2D eigenvalue weighted by molar-refractivity contribution is 8.24. The van der Waals surface area contributed by atoms with Crippen LogP contribution in [0.5, 0.6) is 0 Å². The number of thiocarbonyl (C=S) groups is 1. The monoisotopic (exact) mass is 341 g/mol. The van der Waals surface area contributed by atoms with Gasteiger partial charge in [0.15, 0.2) is 19.7 Å². The summed E-state index contributed by atoms with van der Waals surface area (Å²) in [6.07, 6.45) is 0.547. The van der Waals surface area contributed by atoms with Crippen molar-refractivity contribution in [3.8, 4) is 0 Å². The van der Waals surface area contributed by atoms with Crippen molar-refractivity contribution >= 4 is 48.0 Å². The first-order valence-electron chi connectivity index (χ1n) is 6.04. The van der Waals surface area contributed by atoms with E-state index in [4.69, 9.17) is 12.2 Å². The molecule has 0 aromatic heterocycles. The molecule has 0 unspecified atom stereocenters. The number of hydrogen-bond acceptors (Lipinski definition) is 6. The predicted octanol–water partition coefficient (Wildman–Crippen LogP) is 0.0629. The Hall–Kier alpha value is 0.140. The molecular formula is C10H15NO4S4. The van der Waals surface area contributed by atoms with E-state index in [0.29, 0.717) is 10.7 Å². The van der Waals surface area contributed by atoms with Gasteiger partial charge in [0, 0.05) is 11.3 Å². The normalized spacial score (nSPS) is 43.6. The fourth-order valence-electron chi connectivity index (χ4n) is 3.33. The highest BCUT2D eigenvalue weighted by atomic mass is 32.2. The molecule has 3 aliphatic heterocycles. The van der Waals surface area contributed by atoms with Crippen molar-refractivity contribution < 1.29 is 16.8 Å². The lowest BCUT2D eigenvalue weighted by Gasteiger charge is -2.38. The second kappa shape index (κ2) is 4.08. The van der Waals surface area contributed by atoms with Gasteiger partial charge in [0.2, 0.25) is 0 Å². The van der Waals surface area contributed by atoms with Crippen molar-refractivity contribution in [1.29, 1.82) is 0 Å². The maximum Gasteiger partial charge on any atom is 0.153 e. The summed E-state index contributed by atoms with van der Waals surface area (Å²) in [5.41, 5.74) is -0.537. The molecule has 0 aromatic carbocycles. The van der Waals surface area contributed by atoms with E-state index in [1.807, 2.05) is 11.8 Å². The first-order valence-corrected chi connectivity index (χ1v) is 11.0. The Labute approximate surface area is 122 Å². The summed E-state index contributed by atoms with van der Waals surface area (Å²) in [5, 5.41) is -0.0618. The molecular weight excluding hydrogens is 326 g/mol. The molecule has 0 spiro atoms. The van der Waals surface area contributed by atoms with Crippen molar-refractivity contribution in [3.63, 3.8) is 0 Å². The molecule has 19 heavy (non-hydrogen) atoms. The Morgan fingerprint density at radius 3 is 2.53 bits per heavy atom. The molecule has 0 bridgehead atoms. The zero-order valence-electron chi connectivity index (χ0n) is 10.4. The van der Waals surface area contributed by atoms with Gasteiger partial charge >= 0.3 is 0 Å². The Morgan fingerprint density at radius 2 is 1.95 bits per heavy atom. The molecule has 3 heterocycles. The smallest absolute Gasteiger partial charge is 0.153 e. The van der Waals surface area contributed by atoms with E-state index in [0.717, 1.165) is 0 Å². The van der Waals surface area contributed by atoms with Crippen LogP contribution < -0.4 is 0 Å². The van der Waals surface area contributed by atoms with Crippen LogP contribution in [0, 0.1) is 0 Å². The summed E-state index contributed by atoms with van der Waals surface area (Å²) >= 11 is 6.77. The molecule has 108 valence electrons. The van der Waals surface area contributed by atoms with Crippen LogP contribution in [0.2, 0.25) is 0 Å². The van der Waals surface area contributed by atoms with Gasteiger partial charge in [0.25, 0.3) is 0 Å². The Kier molecular flexibility index (Phi) is 3.03. The molecule has 3 saturated heterocycles. The second-order valence-corrected chi connectivity index (χ2v) is 11.9. The van der Waals surface area contributed by atoms with Gasteiger partial charge in [-0.25, -0.2) is 16.8 Å². The van der Waals surface area contributed by atoms with E-state index in [9.17, 15) is 16.8 Å². The van der Waals surface area contributed by atoms with Gasteiger partial charge in [0.1, 0.15) is 4.32 Å². The van der Waals surface area contributed by atoms with Crippen LogP contribution in [0.1, 0.15) is 13.3 Å². The van der Waals surface area contributed by atoms with Gasteiger partial charge in [-0.1, -0.05) is 24.0 Å². The third kappa shape index (κ3) is 2.22. The molecule has 0 saturated carbocycles. The van der Waals surface area contributed by atoms with Crippen molar-refractivity contribution in [2.45, 2.75) is 30.2 Å². The summed E-state index contributed by atoms with van der Waals surface area (Å²) in [6.45, 7) is 1.90. The van der Waals surface area contributed by atoms with Crippen LogP contribution in [0.4, 0.5) is 0 Å². The van der Waals surface area contributed by atoms with Gasteiger partial charge in [-0.15, -0.1) is 0 Å². The summed E-state index contributed by atoms with van der Waals surface area (Å²) in [5.74, 6) is 0.490. The summed E-state index contributed by atoms with van der Waals surface area (Å²) < 4.78 is 47.6. The summed E-state index contributed by atoms with van der Waals surface area (Å²) in [4.78, 5) is 1.91. The lowest BCUT2D eigenvalue weighted by atomic mass is 9.97. The van der Waals surface area contributed by atoms with E-state index < -0.39 is 25.2 Å². The number of thioether (sulfide) groups is 1. The van der Waals surface area contributed by atoms with Crippen LogP contribution in [-0.2, 0) is 19.7 Å². The molecule has 3 aliphatic rings. The Balaban J connectivity index is 1.95. The van der Waals surface area contributed by atoms with Crippen LogP contribution in [0.25, 0.3) is 0 Å². The molecule has 9 heteroatoms. The molecule has 0 radical (unpaired) electrons. The fraction of sp³-hybridized carbons (Fsp3) is 0.900. The van der Waals surface area contributed by atoms with Gasteiger partial charge in [-0.2, -0.15) is 0 Å². The third-order valence-electron chi connectivity index (χ3n) is 4.17. The zero-order chi connectivity index (χ0) is 14.1. The predicted molar refractivity (Wildman–Crippen MR) is 79.9 cm³/mol. The maximum atomic E-state index is 11.8. The Morgan fingerprint density at radius 1 is 1.26 bits per heavy atom. The lowest BCUT2D eigenvalue weighted by molar-refractivity contribution is 0.197. The molecule has 0 aromatic rings. The average molecular weight is 342 g/mol. The van der Waals surface area contributed by atoms with Crippen LogP contribution in [0.15, 0.2) is 0 Å². The minimum atomic E-state index is -3.05. The Bertz CT molecular complexity index is 640. The first-order chi connectivity index (χ1) is 8.63. The molecule has 3 atom stereocenters.